The summed E-state index contributed by atoms with van der Waals surface area (Å²) < 4.78 is 0. The second-order valence-electron chi connectivity index (χ2n) is 4.02. The number of rotatable bonds is 6. The van der Waals surface area contributed by atoms with Crippen LogP contribution in [0.2, 0.25) is 0 Å². The van der Waals surface area contributed by atoms with Gasteiger partial charge in [-0.3, -0.25) is 0 Å². The normalized spacial score (nSPS) is 29.4. The van der Waals surface area contributed by atoms with Crippen LogP contribution in [0, 0.1) is 0 Å². The van der Waals surface area contributed by atoms with Crippen molar-refractivity contribution in [2.24, 2.45) is 0 Å². The van der Waals surface area contributed by atoms with Crippen LogP contribution in [0.15, 0.2) is 0 Å². The van der Waals surface area contributed by atoms with Gasteiger partial charge in [0, 0.05) is 24.7 Å². The van der Waals surface area contributed by atoms with Crippen LogP contribution in [0.3, 0.4) is 0 Å². The Labute approximate surface area is 85.7 Å². The predicted octanol–water partition coefficient (Wildman–Crippen LogP) is -0.540. The molecule has 0 saturated carbocycles. The first-order chi connectivity index (χ1) is 6.80. The highest BCUT2D eigenvalue weighted by Crippen LogP contribution is 2.11. The molecule has 4 heteroatoms. The molecule has 0 bridgehead atoms. The zero-order chi connectivity index (χ0) is 10.4. The molecule has 4 nitrogen and oxygen atoms in total. The maximum absolute atomic E-state index is 8.98. The fourth-order valence-electron chi connectivity index (χ4n) is 1.85. The van der Waals surface area contributed by atoms with Gasteiger partial charge in [-0.25, -0.2) is 0 Å². The zero-order valence-electron chi connectivity index (χ0n) is 8.87. The maximum Gasteiger partial charge on any atom is 0.0584 e. The van der Waals surface area contributed by atoms with Gasteiger partial charge in [0.15, 0.2) is 0 Å². The Bertz CT molecular complexity index is 151. The highest BCUT2D eigenvalue weighted by atomic mass is 16.3. The monoisotopic (exact) mass is 202 g/mol. The van der Waals surface area contributed by atoms with Crippen LogP contribution in [0.1, 0.15) is 26.2 Å². The largest absolute Gasteiger partial charge is 0.395 e. The summed E-state index contributed by atoms with van der Waals surface area (Å²) in [6.45, 7) is 3.38. The number of aliphatic hydroxyl groups is 2. The van der Waals surface area contributed by atoms with Gasteiger partial charge in [-0.15, -0.1) is 0 Å². The molecule has 3 atom stereocenters. The minimum Gasteiger partial charge on any atom is -0.395 e. The quantitative estimate of drug-likeness (QED) is 0.467. The Morgan fingerprint density at radius 3 is 2.57 bits per heavy atom. The van der Waals surface area contributed by atoms with Crippen molar-refractivity contribution in [3.05, 3.63) is 0 Å². The molecule has 1 saturated heterocycles. The molecule has 0 aromatic carbocycles. The third-order valence-corrected chi connectivity index (χ3v) is 2.92. The van der Waals surface area contributed by atoms with Crippen molar-refractivity contribution in [2.75, 3.05) is 19.8 Å². The number of nitrogens with one attached hydrogen (secondary N) is 2. The number of hydrogen-bond donors (Lipinski definition) is 4. The molecule has 4 N–H and O–H groups in total. The van der Waals surface area contributed by atoms with E-state index in [1.807, 2.05) is 0 Å². The van der Waals surface area contributed by atoms with Crippen LogP contribution in [0.4, 0.5) is 0 Å². The number of aliphatic hydroxyl groups excluding tert-OH is 2. The van der Waals surface area contributed by atoms with Crippen molar-refractivity contribution in [1.29, 1.82) is 0 Å². The van der Waals surface area contributed by atoms with Crippen LogP contribution in [0.5, 0.6) is 0 Å². The Morgan fingerprint density at radius 1 is 1.36 bits per heavy atom. The molecule has 1 unspecified atom stereocenters. The molecule has 1 heterocycles. The minimum absolute atomic E-state index is 0.201. The molecule has 1 aliphatic rings. The molecular weight excluding hydrogens is 180 g/mol. The Kier molecular flexibility index (Phi) is 5.40. The lowest BCUT2D eigenvalue weighted by Gasteiger charge is -2.18. The highest BCUT2D eigenvalue weighted by molar-refractivity contribution is 4.85. The molecule has 84 valence electrons. The van der Waals surface area contributed by atoms with Crippen LogP contribution in [-0.4, -0.2) is 48.1 Å². The molecule has 0 spiro atoms. The van der Waals surface area contributed by atoms with Gasteiger partial charge in [-0.1, -0.05) is 6.92 Å². The molecule has 14 heavy (non-hydrogen) atoms. The molecule has 0 amide bonds. The van der Waals surface area contributed by atoms with Gasteiger partial charge in [0.25, 0.3) is 0 Å². The maximum atomic E-state index is 8.98. The predicted molar refractivity (Wildman–Crippen MR) is 56.2 cm³/mol. The van der Waals surface area contributed by atoms with Crippen molar-refractivity contribution < 1.29 is 10.2 Å². The molecular formula is C10H22N2O2. The van der Waals surface area contributed by atoms with E-state index in [-0.39, 0.29) is 25.3 Å². The topological polar surface area (TPSA) is 64.5 Å². The molecule has 1 rings (SSSR count). The van der Waals surface area contributed by atoms with Gasteiger partial charge in [0.2, 0.25) is 0 Å². The summed E-state index contributed by atoms with van der Waals surface area (Å²) in [6, 6.07) is 0.939. The molecule has 0 aromatic rings. The zero-order valence-corrected chi connectivity index (χ0v) is 8.87. The van der Waals surface area contributed by atoms with Crippen LogP contribution >= 0.6 is 0 Å². The van der Waals surface area contributed by atoms with Crippen molar-refractivity contribution in [1.82, 2.24) is 10.6 Å². The highest BCUT2D eigenvalue weighted by Gasteiger charge is 2.22. The average Bonchev–Trinajstić information content (AvgIpc) is 2.67. The van der Waals surface area contributed by atoms with E-state index < -0.39 is 0 Å². The minimum atomic E-state index is 0.201. The first-order valence-corrected chi connectivity index (χ1v) is 5.51. The van der Waals surface area contributed by atoms with Gasteiger partial charge in [0.05, 0.1) is 13.2 Å². The van der Waals surface area contributed by atoms with Crippen molar-refractivity contribution in [2.45, 2.75) is 44.3 Å². The fourth-order valence-corrected chi connectivity index (χ4v) is 1.85. The molecule has 0 aliphatic carbocycles. The molecule has 0 aromatic heterocycles. The standard InChI is InChI=1S/C10H22N2O2/c1-2-8(6-13)11-5-9-3-4-10(7-14)12-9/h8-14H,2-7H2,1H3/t8-,9?,10-/m0/s1. The first-order valence-electron chi connectivity index (χ1n) is 5.51. The lowest BCUT2D eigenvalue weighted by atomic mass is 10.2. The number of hydrogen-bond acceptors (Lipinski definition) is 4. The summed E-state index contributed by atoms with van der Waals surface area (Å²) in [7, 11) is 0. The summed E-state index contributed by atoms with van der Waals surface area (Å²) in [6.07, 6.45) is 3.12. The van der Waals surface area contributed by atoms with E-state index >= 15 is 0 Å². The van der Waals surface area contributed by atoms with Gasteiger partial charge < -0.3 is 20.8 Å². The van der Waals surface area contributed by atoms with Crippen molar-refractivity contribution in [3.63, 3.8) is 0 Å². The van der Waals surface area contributed by atoms with Crippen LogP contribution < -0.4 is 10.6 Å². The lowest BCUT2D eigenvalue weighted by molar-refractivity contribution is 0.232. The van der Waals surface area contributed by atoms with Gasteiger partial charge in [-0.05, 0) is 19.3 Å². The Balaban J connectivity index is 2.13. The van der Waals surface area contributed by atoms with E-state index in [0.29, 0.717) is 6.04 Å². The summed E-state index contributed by atoms with van der Waals surface area (Å²) in [5, 5.41) is 24.6. The Hall–Kier alpha value is -0.160. The van der Waals surface area contributed by atoms with Crippen molar-refractivity contribution in [3.8, 4) is 0 Å². The van der Waals surface area contributed by atoms with Gasteiger partial charge >= 0.3 is 0 Å². The molecule has 1 aliphatic heterocycles. The van der Waals surface area contributed by atoms with Crippen LogP contribution in [0.25, 0.3) is 0 Å². The van der Waals surface area contributed by atoms with E-state index in [1.54, 1.807) is 0 Å². The second kappa shape index (κ2) is 6.35. The molecule has 0 radical (unpaired) electrons. The van der Waals surface area contributed by atoms with Crippen LogP contribution in [-0.2, 0) is 0 Å². The summed E-state index contributed by atoms with van der Waals surface area (Å²) >= 11 is 0. The average molecular weight is 202 g/mol. The SMILES string of the molecule is CC[C@@H](CO)NCC1CC[C@@H](CO)N1. The Morgan fingerprint density at radius 2 is 2.07 bits per heavy atom. The van der Waals surface area contributed by atoms with Gasteiger partial charge in [-0.2, -0.15) is 0 Å². The van der Waals surface area contributed by atoms with E-state index in [0.717, 1.165) is 25.8 Å². The third-order valence-electron chi connectivity index (χ3n) is 2.92. The summed E-state index contributed by atoms with van der Waals surface area (Å²) in [5.74, 6) is 0. The summed E-state index contributed by atoms with van der Waals surface area (Å²) in [5.41, 5.74) is 0. The first kappa shape index (κ1) is 11.9. The van der Waals surface area contributed by atoms with E-state index in [9.17, 15) is 0 Å². The van der Waals surface area contributed by atoms with E-state index in [4.69, 9.17) is 10.2 Å². The smallest absolute Gasteiger partial charge is 0.0584 e. The van der Waals surface area contributed by atoms with E-state index in [2.05, 4.69) is 17.6 Å². The second-order valence-corrected chi connectivity index (χ2v) is 4.02. The van der Waals surface area contributed by atoms with Gasteiger partial charge in [0.1, 0.15) is 0 Å². The van der Waals surface area contributed by atoms with E-state index in [1.165, 1.54) is 0 Å². The fraction of sp³-hybridized carbons (Fsp3) is 1.00. The third kappa shape index (κ3) is 3.53. The summed E-state index contributed by atoms with van der Waals surface area (Å²) in [4.78, 5) is 0. The van der Waals surface area contributed by atoms with Crippen molar-refractivity contribution >= 4 is 0 Å². The molecule has 1 fully saturated rings. The lowest BCUT2D eigenvalue weighted by Crippen LogP contribution is -2.43.